The lowest BCUT2D eigenvalue weighted by atomic mass is 10.1. The predicted octanol–water partition coefficient (Wildman–Crippen LogP) is 4.07. The second-order valence-electron chi connectivity index (χ2n) is 4.26. The second-order valence-corrected chi connectivity index (χ2v) is 5.49. The molecule has 0 heterocycles. The van der Waals surface area contributed by atoms with Gasteiger partial charge in [-0.05, 0) is 54.4 Å². The van der Waals surface area contributed by atoms with E-state index in [1.54, 1.807) is 4.90 Å². The Bertz CT molecular complexity index is 425. The number of hydrogen-bond donors (Lipinski definition) is 0. The van der Waals surface area contributed by atoms with Crippen LogP contribution in [0.4, 0.5) is 4.39 Å². The van der Waals surface area contributed by atoms with Gasteiger partial charge in [0, 0.05) is 22.9 Å². The molecule has 0 spiro atoms. The third-order valence-electron chi connectivity index (χ3n) is 2.58. The van der Waals surface area contributed by atoms with Crippen molar-refractivity contribution < 1.29 is 9.18 Å². The Kier molecular flexibility index (Phi) is 6.09. The second kappa shape index (κ2) is 7.10. The lowest BCUT2D eigenvalue weighted by Gasteiger charge is -2.27. The number of halogens is 3. The van der Waals surface area contributed by atoms with Crippen molar-refractivity contribution >= 4 is 33.4 Å². The zero-order valence-electron chi connectivity index (χ0n) is 10.4. The molecule has 1 aromatic carbocycles. The maximum Gasteiger partial charge on any atom is 0.255 e. The molecule has 0 N–H and O–H groups in total. The molecule has 0 bridgehead atoms. The molecule has 0 radical (unpaired) electrons. The molecule has 0 fully saturated rings. The van der Waals surface area contributed by atoms with Crippen molar-refractivity contribution in [3.63, 3.8) is 0 Å². The first-order valence-corrected chi connectivity index (χ1v) is 7.12. The molecule has 0 aliphatic rings. The van der Waals surface area contributed by atoms with Crippen LogP contribution in [0.15, 0.2) is 22.7 Å². The van der Waals surface area contributed by atoms with Crippen molar-refractivity contribution in [2.75, 3.05) is 12.4 Å². The number of rotatable bonds is 5. The molecular weight excluding hydrogens is 321 g/mol. The van der Waals surface area contributed by atoms with Crippen LogP contribution in [-0.4, -0.2) is 29.3 Å². The Morgan fingerprint density at radius 1 is 1.50 bits per heavy atom. The van der Waals surface area contributed by atoms with E-state index >= 15 is 0 Å². The van der Waals surface area contributed by atoms with Gasteiger partial charge in [0.05, 0.1) is 5.56 Å². The maximum absolute atomic E-state index is 13.0. The van der Waals surface area contributed by atoms with E-state index in [-0.39, 0.29) is 17.8 Å². The first-order chi connectivity index (χ1) is 8.47. The summed E-state index contributed by atoms with van der Waals surface area (Å²) in [6.45, 7) is 4.50. The highest BCUT2D eigenvalue weighted by molar-refractivity contribution is 9.10. The van der Waals surface area contributed by atoms with E-state index in [4.69, 9.17) is 11.6 Å². The monoisotopic (exact) mass is 335 g/mol. The molecule has 1 amide bonds. The lowest BCUT2D eigenvalue weighted by molar-refractivity contribution is 0.0705. The fourth-order valence-electron chi connectivity index (χ4n) is 1.64. The SMILES string of the molecule is CC(C)N(CCCCl)C(=O)c1ccc(F)cc1Br. The molecule has 0 aliphatic heterocycles. The molecule has 100 valence electrons. The van der Waals surface area contributed by atoms with Crippen molar-refractivity contribution in [2.24, 2.45) is 0 Å². The number of alkyl halides is 1. The highest BCUT2D eigenvalue weighted by Gasteiger charge is 2.20. The van der Waals surface area contributed by atoms with E-state index in [0.29, 0.717) is 22.5 Å². The van der Waals surface area contributed by atoms with E-state index in [9.17, 15) is 9.18 Å². The third-order valence-corrected chi connectivity index (χ3v) is 3.50. The van der Waals surface area contributed by atoms with E-state index in [0.717, 1.165) is 6.42 Å². The van der Waals surface area contributed by atoms with Gasteiger partial charge in [-0.3, -0.25) is 4.79 Å². The average molecular weight is 337 g/mol. The van der Waals surface area contributed by atoms with Crippen molar-refractivity contribution in [3.8, 4) is 0 Å². The van der Waals surface area contributed by atoms with Gasteiger partial charge in [0.15, 0.2) is 0 Å². The summed E-state index contributed by atoms with van der Waals surface area (Å²) in [5.41, 5.74) is 0.472. The van der Waals surface area contributed by atoms with Gasteiger partial charge in [-0.15, -0.1) is 11.6 Å². The molecule has 0 unspecified atom stereocenters. The van der Waals surface area contributed by atoms with Crippen LogP contribution in [0.2, 0.25) is 0 Å². The zero-order chi connectivity index (χ0) is 13.7. The van der Waals surface area contributed by atoms with Crippen LogP contribution in [0.5, 0.6) is 0 Å². The minimum atomic E-state index is -0.365. The van der Waals surface area contributed by atoms with Crippen molar-refractivity contribution in [3.05, 3.63) is 34.1 Å². The first kappa shape index (κ1) is 15.4. The lowest BCUT2D eigenvalue weighted by Crippen LogP contribution is -2.38. The van der Waals surface area contributed by atoms with E-state index < -0.39 is 0 Å². The van der Waals surface area contributed by atoms with Crippen LogP contribution in [0.3, 0.4) is 0 Å². The van der Waals surface area contributed by atoms with Gasteiger partial charge in [0.1, 0.15) is 5.82 Å². The standard InChI is InChI=1S/C13H16BrClFNO/c1-9(2)17(7-3-6-15)13(18)11-5-4-10(16)8-12(11)14/h4-5,8-9H,3,6-7H2,1-2H3. The number of carbonyl (C=O) groups is 1. The van der Waals surface area contributed by atoms with Gasteiger partial charge in [-0.2, -0.15) is 0 Å². The van der Waals surface area contributed by atoms with Crippen molar-refractivity contribution in [1.82, 2.24) is 4.90 Å². The smallest absolute Gasteiger partial charge is 0.255 e. The summed E-state index contributed by atoms with van der Waals surface area (Å²) in [6.07, 6.45) is 0.740. The highest BCUT2D eigenvalue weighted by Crippen LogP contribution is 2.21. The maximum atomic E-state index is 13.0. The Balaban J connectivity index is 2.94. The van der Waals surface area contributed by atoms with E-state index in [1.165, 1.54) is 18.2 Å². The van der Waals surface area contributed by atoms with Crippen LogP contribution in [-0.2, 0) is 0 Å². The zero-order valence-corrected chi connectivity index (χ0v) is 12.8. The summed E-state index contributed by atoms with van der Waals surface area (Å²) < 4.78 is 13.5. The van der Waals surface area contributed by atoms with Crippen LogP contribution in [0.25, 0.3) is 0 Å². The largest absolute Gasteiger partial charge is 0.336 e. The molecule has 0 saturated carbocycles. The van der Waals surface area contributed by atoms with Crippen molar-refractivity contribution in [2.45, 2.75) is 26.3 Å². The molecule has 18 heavy (non-hydrogen) atoms. The molecule has 0 aromatic heterocycles. The summed E-state index contributed by atoms with van der Waals surface area (Å²) in [7, 11) is 0. The van der Waals surface area contributed by atoms with Gasteiger partial charge >= 0.3 is 0 Å². The molecule has 2 nitrogen and oxygen atoms in total. The predicted molar refractivity (Wildman–Crippen MR) is 75.6 cm³/mol. The van der Waals surface area contributed by atoms with Gasteiger partial charge in [0.2, 0.25) is 0 Å². The average Bonchev–Trinajstić information content (AvgIpc) is 2.28. The summed E-state index contributed by atoms with van der Waals surface area (Å²) in [5.74, 6) is 0.0402. The summed E-state index contributed by atoms with van der Waals surface area (Å²) in [6, 6.07) is 4.17. The number of carbonyl (C=O) groups excluding carboxylic acids is 1. The van der Waals surface area contributed by atoms with Gasteiger partial charge in [-0.1, -0.05) is 0 Å². The molecular formula is C13H16BrClFNO. The van der Waals surface area contributed by atoms with Crippen LogP contribution in [0, 0.1) is 5.82 Å². The summed E-state index contributed by atoms with van der Waals surface area (Å²) in [4.78, 5) is 14.1. The van der Waals surface area contributed by atoms with E-state index in [2.05, 4.69) is 15.9 Å². The quantitative estimate of drug-likeness (QED) is 0.742. The molecule has 1 aromatic rings. The summed E-state index contributed by atoms with van der Waals surface area (Å²) >= 11 is 8.88. The Hall–Kier alpha value is -0.610. The Morgan fingerprint density at radius 3 is 2.67 bits per heavy atom. The number of hydrogen-bond acceptors (Lipinski definition) is 1. The number of nitrogens with zero attached hydrogens (tertiary/aromatic N) is 1. The van der Waals surface area contributed by atoms with Gasteiger partial charge < -0.3 is 4.90 Å². The molecule has 0 atom stereocenters. The van der Waals surface area contributed by atoms with Crippen LogP contribution < -0.4 is 0 Å². The van der Waals surface area contributed by atoms with Crippen LogP contribution in [0.1, 0.15) is 30.6 Å². The highest BCUT2D eigenvalue weighted by atomic mass is 79.9. The Morgan fingerprint density at radius 2 is 2.17 bits per heavy atom. The molecule has 0 saturated heterocycles. The molecule has 1 rings (SSSR count). The third kappa shape index (κ3) is 3.95. The normalized spacial score (nSPS) is 10.8. The van der Waals surface area contributed by atoms with Crippen molar-refractivity contribution in [1.29, 1.82) is 0 Å². The van der Waals surface area contributed by atoms with E-state index in [1.807, 2.05) is 13.8 Å². The minimum absolute atomic E-state index is 0.0812. The fraction of sp³-hybridized carbons (Fsp3) is 0.462. The fourth-order valence-corrected chi connectivity index (χ4v) is 2.28. The van der Waals surface area contributed by atoms with Gasteiger partial charge in [-0.25, -0.2) is 4.39 Å². The molecule has 5 heteroatoms. The van der Waals surface area contributed by atoms with Crippen LogP contribution >= 0.6 is 27.5 Å². The summed E-state index contributed by atoms with van der Waals surface area (Å²) in [5, 5.41) is 0. The molecule has 0 aliphatic carbocycles. The Labute approximate surface area is 120 Å². The minimum Gasteiger partial charge on any atom is -0.336 e. The number of benzene rings is 1. The van der Waals surface area contributed by atoms with Gasteiger partial charge in [0.25, 0.3) is 5.91 Å². The topological polar surface area (TPSA) is 20.3 Å². The first-order valence-electron chi connectivity index (χ1n) is 5.79. The number of amides is 1.